The van der Waals surface area contributed by atoms with Crippen LogP contribution in [0, 0.1) is 6.92 Å². The van der Waals surface area contributed by atoms with E-state index >= 15 is 0 Å². The van der Waals surface area contributed by atoms with Crippen molar-refractivity contribution in [3.63, 3.8) is 0 Å². The number of carbonyl (C=O) groups is 1. The lowest BCUT2D eigenvalue weighted by atomic mass is 10.2. The number of aromatic nitrogens is 3. The molecule has 0 spiro atoms. The number of hydrogen-bond acceptors (Lipinski definition) is 6. The number of anilines is 2. The minimum Gasteiger partial charge on any atom is -0.370 e. The summed E-state index contributed by atoms with van der Waals surface area (Å²) in [5, 5.41) is 8.17. The number of amides is 1. The van der Waals surface area contributed by atoms with Gasteiger partial charge in [0.25, 0.3) is 0 Å². The van der Waals surface area contributed by atoms with Crippen molar-refractivity contribution < 1.29 is 4.79 Å². The van der Waals surface area contributed by atoms with E-state index in [0.29, 0.717) is 20.8 Å². The lowest BCUT2D eigenvalue weighted by molar-refractivity contribution is -0.113. The molecule has 6 nitrogen and oxygen atoms in total. The van der Waals surface area contributed by atoms with E-state index in [1.165, 1.54) is 18.0 Å². The number of para-hydroxylation sites is 1. The number of benzene rings is 1. The molecule has 2 heterocycles. The van der Waals surface area contributed by atoms with E-state index in [9.17, 15) is 4.79 Å². The molecule has 2 aromatic heterocycles. The van der Waals surface area contributed by atoms with Gasteiger partial charge >= 0.3 is 0 Å². The number of pyridine rings is 1. The van der Waals surface area contributed by atoms with Gasteiger partial charge in [-0.25, -0.2) is 15.0 Å². The van der Waals surface area contributed by atoms with Gasteiger partial charge in [-0.2, -0.15) is 0 Å². The molecule has 1 aromatic carbocycles. The van der Waals surface area contributed by atoms with Crippen molar-refractivity contribution in [2.24, 2.45) is 0 Å². The van der Waals surface area contributed by atoms with E-state index in [0.717, 1.165) is 23.3 Å². The van der Waals surface area contributed by atoms with Gasteiger partial charge in [0.1, 0.15) is 5.82 Å². The topological polar surface area (TPSA) is 79.8 Å². The first-order valence-electron chi connectivity index (χ1n) is 8.23. The highest BCUT2D eigenvalue weighted by Gasteiger charge is 2.13. The molecule has 0 aliphatic carbocycles. The Bertz CT molecular complexity index is 999. The number of carbonyl (C=O) groups excluding carboxylic acids is 1. The normalized spacial score (nSPS) is 10.8. The van der Waals surface area contributed by atoms with Gasteiger partial charge in [0.2, 0.25) is 5.91 Å². The number of halogens is 2. The third-order valence-electron chi connectivity index (χ3n) is 3.72. The second-order valence-electron chi connectivity index (χ2n) is 5.63. The van der Waals surface area contributed by atoms with E-state index in [1.54, 1.807) is 6.92 Å². The zero-order chi connectivity index (χ0) is 19.4. The molecule has 140 valence electrons. The molecule has 0 radical (unpaired) electrons. The third kappa shape index (κ3) is 4.61. The van der Waals surface area contributed by atoms with Crippen LogP contribution in [0.5, 0.6) is 0 Å². The predicted octanol–water partition coefficient (Wildman–Crippen LogP) is 4.80. The summed E-state index contributed by atoms with van der Waals surface area (Å²) in [5.41, 5.74) is 1.49. The summed E-state index contributed by atoms with van der Waals surface area (Å²) in [5.74, 6) is 0.919. The van der Waals surface area contributed by atoms with Gasteiger partial charge in [0.05, 0.1) is 21.3 Å². The van der Waals surface area contributed by atoms with Crippen molar-refractivity contribution in [3.8, 4) is 0 Å². The molecule has 0 bridgehead atoms. The highest BCUT2D eigenvalue weighted by Crippen LogP contribution is 2.29. The standard InChI is InChI=1S/C18H17Cl2N5OS/c1-3-21-16-11-6-4-5-7-13(11)23-18(25-16)27-9-14(26)24-17-15(20)10(2)12(19)8-22-17/h4-8H,3,9H2,1-2H3,(H,21,23,25)(H,22,24,26). The van der Waals surface area contributed by atoms with E-state index in [1.807, 2.05) is 31.2 Å². The second kappa shape index (κ2) is 8.73. The van der Waals surface area contributed by atoms with Crippen LogP contribution in [0.2, 0.25) is 10.0 Å². The summed E-state index contributed by atoms with van der Waals surface area (Å²) in [6.45, 7) is 4.51. The quantitative estimate of drug-likeness (QED) is 0.439. The van der Waals surface area contributed by atoms with E-state index < -0.39 is 0 Å². The first kappa shape index (κ1) is 19.7. The van der Waals surface area contributed by atoms with Gasteiger partial charge in [-0.3, -0.25) is 4.79 Å². The van der Waals surface area contributed by atoms with Gasteiger partial charge < -0.3 is 10.6 Å². The average Bonchev–Trinajstić information content (AvgIpc) is 2.67. The maximum Gasteiger partial charge on any atom is 0.236 e. The van der Waals surface area contributed by atoms with Gasteiger partial charge in [-0.15, -0.1) is 0 Å². The second-order valence-corrected chi connectivity index (χ2v) is 7.36. The molecule has 1 amide bonds. The Balaban J connectivity index is 1.73. The van der Waals surface area contributed by atoms with Crippen LogP contribution in [0.1, 0.15) is 12.5 Å². The molecule has 0 unspecified atom stereocenters. The molecule has 0 atom stereocenters. The van der Waals surface area contributed by atoms with Crippen molar-refractivity contribution in [3.05, 3.63) is 46.1 Å². The Morgan fingerprint density at radius 2 is 1.96 bits per heavy atom. The van der Waals surface area contributed by atoms with E-state index in [4.69, 9.17) is 23.2 Å². The Morgan fingerprint density at radius 3 is 2.74 bits per heavy atom. The fraction of sp³-hybridized carbons (Fsp3) is 0.222. The molecule has 0 aliphatic heterocycles. The van der Waals surface area contributed by atoms with E-state index in [-0.39, 0.29) is 17.5 Å². The molecule has 0 saturated carbocycles. The minimum absolute atomic E-state index is 0.129. The molecular formula is C18H17Cl2N5OS. The van der Waals surface area contributed by atoms with Crippen LogP contribution in [-0.4, -0.2) is 33.2 Å². The average molecular weight is 422 g/mol. The van der Waals surface area contributed by atoms with Crippen LogP contribution in [0.3, 0.4) is 0 Å². The summed E-state index contributed by atoms with van der Waals surface area (Å²) in [4.78, 5) is 25.4. The molecule has 0 fully saturated rings. The molecule has 0 saturated heterocycles. The molecule has 3 aromatic rings. The summed E-state index contributed by atoms with van der Waals surface area (Å²) in [7, 11) is 0. The largest absolute Gasteiger partial charge is 0.370 e. The number of hydrogen-bond donors (Lipinski definition) is 2. The first-order valence-corrected chi connectivity index (χ1v) is 9.97. The fourth-order valence-electron chi connectivity index (χ4n) is 2.36. The van der Waals surface area contributed by atoms with Gasteiger partial charge in [-0.05, 0) is 31.5 Å². The third-order valence-corrected chi connectivity index (χ3v) is 5.41. The Labute approximate surface area is 171 Å². The van der Waals surface area contributed by atoms with Crippen molar-refractivity contribution in [2.45, 2.75) is 19.0 Å². The van der Waals surface area contributed by atoms with Crippen molar-refractivity contribution in [1.29, 1.82) is 0 Å². The smallest absolute Gasteiger partial charge is 0.236 e. The fourth-order valence-corrected chi connectivity index (χ4v) is 3.41. The Kier molecular flexibility index (Phi) is 6.36. The number of nitrogens with zero attached hydrogens (tertiary/aromatic N) is 3. The molecular weight excluding hydrogens is 405 g/mol. The predicted molar refractivity (Wildman–Crippen MR) is 112 cm³/mol. The zero-order valence-electron chi connectivity index (χ0n) is 14.7. The Morgan fingerprint density at radius 1 is 1.19 bits per heavy atom. The van der Waals surface area contributed by atoms with Crippen molar-refractivity contribution in [1.82, 2.24) is 15.0 Å². The highest BCUT2D eigenvalue weighted by molar-refractivity contribution is 7.99. The Hall–Kier alpha value is -2.09. The zero-order valence-corrected chi connectivity index (χ0v) is 17.0. The summed E-state index contributed by atoms with van der Waals surface area (Å²) >= 11 is 13.4. The van der Waals surface area contributed by atoms with Crippen LogP contribution in [0.25, 0.3) is 10.9 Å². The van der Waals surface area contributed by atoms with Gasteiger partial charge in [-0.1, -0.05) is 47.1 Å². The van der Waals surface area contributed by atoms with Crippen LogP contribution in [0.4, 0.5) is 11.6 Å². The number of nitrogens with one attached hydrogen (secondary N) is 2. The van der Waals surface area contributed by atoms with Crippen molar-refractivity contribution >= 4 is 63.4 Å². The van der Waals surface area contributed by atoms with Gasteiger partial charge in [0, 0.05) is 18.1 Å². The van der Waals surface area contributed by atoms with Gasteiger partial charge in [0.15, 0.2) is 11.0 Å². The van der Waals surface area contributed by atoms with Crippen molar-refractivity contribution in [2.75, 3.05) is 22.9 Å². The SMILES string of the molecule is CCNc1nc(SCC(=O)Nc2ncc(Cl)c(C)c2Cl)nc2ccccc12. The molecule has 2 N–H and O–H groups in total. The number of fused-ring (bicyclic) bond motifs is 1. The molecule has 3 rings (SSSR count). The minimum atomic E-state index is -0.252. The first-order chi connectivity index (χ1) is 13.0. The lowest BCUT2D eigenvalue weighted by Gasteiger charge is -2.10. The molecule has 27 heavy (non-hydrogen) atoms. The summed E-state index contributed by atoms with van der Waals surface area (Å²) in [6.07, 6.45) is 1.46. The number of rotatable bonds is 6. The molecule has 0 aliphatic rings. The summed E-state index contributed by atoms with van der Waals surface area (Å²) in [6, 6.07) is 7.74. The summed E-state index contributed by atoms with van der Waals surface area (Å²) < 4.78 is 0. The molecule has 9 heteroatoms. The highest BCUT2D eigenvalue weighted by atomic mass is 35.5. The van der Waals surface area contributed by atoms with Crippen LogP contribution in [-0.2, 0) is 4.79 Å². The monoisotopic (exact) mass is 421 g/mol. The lowest BCUT2D eigenvalue weighted by Crippen LogP contribution is -2.16. The van der Waals surface area contributed by atoms with Crippen LogP contribution >= 0.6 is 35.0 Å². The number of thioether (sulfide) groups is 1. The van der Waals surface area contributed by atoms with Crippen LogP contribution < -0.4 is 10.6 Å². The maximum atomic E-state index is 12.3. The maximum absolute atomic E-state index is 12.3. The van der Waals surface area contributed by atoms with E-state index in [2.05, 4.69) is 25.6 Å². The van der Waals surface area contributed by atoms with Crippen LogP contribution in [0.15, 0.2) is 35.6 Å².